The van der Waals surface area contributed by atoms with Gasteiger partial charge in [-0.15, -0.1) is 0 Å². The minimum atomic E-state index is -0.498. The van der Waals surface area contributed by atoms with Crippen molar-refractivity contribution in [1.82, 2.24) is 24.6 Å². The Bertz CT molecular complexity index is 1330. The summed E-state index contributed by atoms with van der Waals surface area (Å²) >= 11 is 6.41. The van der Waals surface area contributed by atoms with E-state index in [1.165, 1.54) is 12.1 Å². The van der Waals surface area contributed by atoms with Crippen LogP contribution in [0.5, 0.6) is 0 Å². The predicted molar refractivity (Wildman–Crippen MR) is 126 cm³/mol. The van der Waals surface area contributed by atoms with E-state index < -0.39 is 5.82 Å². The Morgan fingerprint density at radius 1 is 1.03 bits per heavy atom. The summed E-state index contributed by atoms with van der Waals surface area (Å²) in [5, 5.41) is 5.95. The number of carbonyl (C=O) groups is 1. The second-order valence-electron chi connectivity index (χ2n) is 7.82. The van der Waals surface area contributed by atoms with E-state index in [0.717, 1.165) is 16.9 Å². The van der Waals surface area contributed by atoms with Crippen LogP contribution < -0.4 is 4.90 Å². The zero-order valence-electron chi connectivity index (χ0n) is 18.1. The van der Waals surface area contributed by atoms with E-state index in [2.05, 4.69) is 10.00 Å². The molecule has 0 unspecified atom stereocenters. The number of aryl methyl sites for hydroxylation is 1. The summed E-state index contributed by atoms with van der Waals surface area (Å²) in [5.41, 5.74) is 1.54. The van der Waals surface area contributed by atoms with Gasteiger partial charge in [0, 0.05) is 32.6 Å². The molecule has 9 heteroatoms. The molecule has 1 saturated heterocycles. The molecule has 3 heterocycles. The van der Waals surface area contributed by atoms with E-state index in [4.69, 9.17) is 21.6 Å². The Morgan fingerprint density at radius 3 is 2.48 bits per heavy atom. The summed E-state index contributed by atoms with van der Waals surface area (Å²) in [6.07, 6.45) is 2.42. The molecule has 4 aromatic rings. The fourth-order valence-electron chi connectivity index (χ4n) is 4.06. The van der Waals surface area contributed by atoms with Crippen molar-refractivity contribution in [2.75, 3.05) is 31.1 Å². The molecular weight excluding hydrogens is 443 g/mol. The quantitative estimate of drug-likeness (QED) is 0.454. The molecular formula is C24H22ClFN6O. The van der Waals surface area contributed by atoms with Crippen LogP contribution in [0.2, 0.25) is 5.02 Å². The first-order valence-electron chi connectivity index (χ1n) is 10.8. The number of halogens is 2. The fourth-order valence-corrected chi connectivity index (χ4v) is 4.28. The van der Waals surface area contributed by atoms with E-state index in [1.54, 1.807) is 27.9 Å². The molecule has 2 aromatic carbocycles. The highest BCUT2D eigenvalue weighted by molar-refractivity contribution is 6.32. The number of benzene rings is 2. The van der Waals surface area contributed by atoms with E-state index in [0.29, 0.717) is 49.1 Å². The number of anilines is 1. The molecule has 1 aliphatic heterocycles. The van der Waals surface area contributed by atoms with Gasteiger partial charge in [-0.05, 0) is 24.3 Å². The van der Waals surface area contributed by atoms with Crippen LogP contribution in [-0.2, 0) is 6.42 Å². The van der Waals surface area contributed by atoms with Crippen LogP contribution in [-0.4, -0.2) is 56.7 Å². The van der Waals surface area contributed by atoms with Crippen LogP contribution in [0, 0.1) is 5.82 Å². The number of piperazine rings is 1. The van der Waals surface area contributed by atoms with Gasteiger partial charge in [-0.25, -0.2) is 19.0 Å². The van der Waals surface area contributed by atoms with Crippen LogP contribution >= 0.6 is 11.6 Å². The molecule has 7 nitrogen and oxygen atoms in total. The van der Waals surface area contributed by atoms with Crippen LogP contribution in [0.3, 0.4) is 0 Å². The third kappa shape index (κ3) is 3.91. The first-order valence-corrected chi connectivity index (χ1v) is 11.2. The van der Waals surface area contributed by atoms with Gasteiger partial charge < -0.3 is 9.80 Å². The second kappa shape index (κ2) is 8.78. The SMILES string of the molecule is CCc1nc(N2CCN(C(=O)c3ccccc3F)CC2)c2cnn(-c3ccccc3Cl)c2n1. The average Bonchev–Trinajstić information content (AvgIpc) is 3.27. The highest BCUT2D eigenvalue weighted by Crippen LogP contribution is 2.29. The molecule has 0 spiro atoms. The topological polar surface area (TPSA) is 67.2 Å². The molecule has 0 atom stereocenters. The van der Waals surface area contributed by atoms with Crippen molar-refractivity contribution in [2.24, 2.45) is 0 Å². The number of aromatic nitrogens is 4. The lowest BCUT2D eigenvalue weighted by atomic mass is 10.1. The van der Waals surface area contributed by atoms with Gasteiger partial charge in [0.05, 0.1) is 27.9 Å². The first kappa shape index (κ1) is 21.3. The molecule has 0 N–H and O–H groups in total. The van der Waals surface area contributed by atoms with Gasteiger partial charge in [-0.3, -0.25) is 4.79 Å². The van der Waals surface area contributed by atoms with Crippen LogP contribution in [0.15, 0.2) is 54.7 Å². The van der Waals surface area contributed by atoms with Gasteiger partial charge in [0.15, 0.2) is 5.65 Å². The Labute approximate surface area is 195 Å². The molecule has 33 heavy (non-hydrogen) atoms. The lowest BCUT2D eigenvalue weighted by molar-refractivity contribution is 0.0742. The number of para-hydroxylation sites is 1. The standard InChI is InChI=1S/C24H22ClFN6O/c1-2-21-28-22(17-15-27-32(23(17)29-21)20-10-6-4-8-18(20)25)30-11-13-31(14-12-30)24(33)16-7-3-5-9-19(16)26/h3-10,15H,2,11-14H2,1H3. The van der Waals surface area contributed by atoms with Crippen LogP contribution in [0.4, 0.5) is 10.2 Å². The summed E-state index contributed by atoms with van der Waals surface area (Å²) in [4.78, 5) is 26.1. The van der Waals surface area contributed by atoms with E-state index >= 15 is 0 Å². The Kier molecular flexibility index (Phi) is 5.68. The van der Waals surface area contributed by atoms with Gasteiger partial charge in [0.2, 0.25) is 0 Å². The number of rotatable bonds is 4. The lowest BCUT2D eigenvalue weighted by Gasteiger charge is -2.35. The third-order valence-electron chi connectivity index (χ3n) is 5.82. The zero-order valence-corrected chi connectivity index (χ0v) is 18.8. The van der Waals surface area contributed by atoms with Crippen molar-refractivity contribution in [3.05, 3.63) is 77.0 Å². The maximum atomic E-state index is 14.1. The molecule has 0 saturated carbocycles. The number of nitrogens with zero attached hydrogens (tertiary/aromatic N) is 6. The fraction of sp³-hybridized carbons (Fsp3) is 0.250. The zero-order chi connectivity index (χ0) is 22.9. The number of fused-ring (bicyclic) bond motifs is 1. The molecule has 1 fully saturated rings. The minimum absolute atomic E-state index is 0.102. The molecule has 1 aliphatic rings. The third-order valence-corrected chi connectivity index (χ3v) is 6.14. The summed E-state index contributed by atoms with van der Waals surface area (Å²) in [7, 11) is 0. The van der Waals surface area contributed by atoms with Crippen molar-refractivity contribution >= 4 is 34.4 Å². The molecule has 2 aromatic heterocycles. The summed E-state index contributed by atoms with van der Waals surface area (Å²) in [6, 6.07) is 13.6. The van der Waals surface area contributed by atoms with E-state index in [9.17, 15) is 9.18 Å². The maximum absolute atomic E-state index is 14.1. The Hall–Kier alpha value is -3.52. The average molecular weight is 465 g/mol. The summed E-state index contributed by atoms with van der Waals surface area (Å²) < 4.78 is 15.8. The van der Waals surface area contributed by atoms with Gasteiger partial charge >= 0.3 is 0 Å². The van der Waals surface area contributed by atoms with Crippen molar-refractivity contribution < 1.29 is 9.18 Å². The minimum Gasteiger partial charge on any atom is -0.352 e. The van der Waals surface area contributed by atoms with Gasteiger partial charge in [-0.1, -0.05) is 42.8 Å². The Balaban J connectivity index is 1.44. The highest BCUT2D eigenvalue weighted by atomic mass is 35.5. The number of hydrogen-bond acceptors (Lipinski definition) is 5. The van der Waals surface area contributed by atoms with Gasteiger partial charge in [0.1, 0.15) is 17.5 Å². The van der Waals surface area contributed by atoms with Crippen molar-refractivity contribution in [1.29, 1.82) is 0 Å². The van der Waals surface area contributed by atoms with E-state index in [1.807, 2.05) is 31.2 Å². The largest absolute Gasteiger partial charge is 0.352 e. The molecule has 168 valence electrons. The summed E-state index contributed by atoms with van der Waals surface area (Å²) in [5.74, 6) is 0.702. The maximum Gasteiger partial charge on any atom is 0.256 e. The number of carbonyl (C=O) groups excluding carboxylic acids is 1. The number of hydrogen-bond donors (Lipinski definition) is 0. The normalized spacial score (nSPS) is 14.2. The predicted octanol–water partition coefficient (Wildman–Crippen LogP) is 4.13. The molecule has 1 amide bonds. The lowest BCUT2D eigenvalue weighted by Crippen LogP contribution is -2.49. The van der Waals surface area contributed by atoms with Crippen molar-refractivity contribution in [3.8, 4) is 5.69 Å². The highest BCUT2D eigenvalue weighted by Gasteiger charge is 2.26. The molecule has 0 radical (unpaired) electrons. The first-order chi connectivity index (χ1) is 16.1. The monoisotopic (exact) mass is 464 g/mol. The van der Waals surface area contributed by atoms with Gasteiger partial charge in [0.25, 0.3) is 5.91 Å². The van der Waals surface area contributed by atoms with E-state index in [-0.39, 0.29) is 11.5 Å². The second-order valence-corrected chi connectivity index (χ2v) is 8.23. The number of amides is 1. The summed E-state index contributed by atoms with van der Waals surface area (Å²) in [6.45, 7) is 4.10. The smallest absolute Gasteiger partial charge is 0.256 e. The van der Waals surface area contributed by atoms with Gasteiger partial charge in [-0.2, -0.15) is 5.10 Å². The molecule has 0 bridgehead atoms. The van der Waals surface area contributed by atoms with Crippen molar-refractivity contribution in [2.45, 2.75) is 13.3 Å². The van der Waals surface area contributed by atoms with Crippen LogP contribution in [0.1, 0.15) is 23.1 Å². The Morgan fingerprint density at radius 2 is 1.76 bits per heavy atom. The molecule has 0 aliphatic carbocycles. The molecule has 5 rings (SSSR count). The van der Waals surface area contributed by atoms with Crippen LogP contribution in [0.25, 0.3) is 16.7 Å². The van der Waals surface area contributed by atoms with Crippen molar-refractivity contribution in [3.63, 3.8) is 0 Å².